The van der Waals surface area contributed by atoms with Crippen LogP contribution in [-0.2, 0) is 11.8 Å². The predicted octanol–water partition coefficient (Wildman–Crippen LogP) is 3.26. The Morgan fingerprint density at radius 3 is 2.73 bits per heavy atom. The summed E-state index contributed by atoms with van der Waals surface area (Å²) < 4.78 is 0. The van der Waals surface area contributed by atoms with E-state index in [0.717, 1.165) is 24.4 Å². The molecule has 2 heterocycles. The summed E-state index contributed by atoms with van der Waals surface area (Å²) >= 11 is 0. The van der Waals surface area contributed by atoms with Crippen molar-refractivity contribution in [3.63, 3.8) is 0 Å². The van der Waals surface area contributed by atoms with E-state index in [1.807, 2.05) is 19.3 Å². The average molecular weight is 293 g/mol. The van der Waals surface area contributed by atoms with Gasteiger partial charge in [-0.2, -0.15) is 0 Å². The van der Waals surface area contributed by atoms with Gasteiger partial charge in [0.2, 0.25) is 0 Å². The van der Waals surface area contributed by atoms with Crippen molar-refractivity contribution in [2.45, 2.75) is 45.1 Å². The van der Waals surface area contributed by atoms with Crippen LogP contribution >= 0.6 is 0 Å². The Balaban J connectivity index is 1.82. The van der Waals surface area contributed by atoms with Crippen LogP contribution in [0.1, 0.15) is 37.2 Å². The van der Waals surface area contributed by atoms with Gasteiger partial charge in [0.05, 0.1) is 0 Å². The fraction of sp³-hybridized carbons (Fsp3) is 0.474. The van der Waals surface area contributed by atoms with E-state index in [2.05, 4.69) is 47.3 Å². The zero-order valence-electron chi connectivity index (χ0n) is 13.6. The maximum atomic E-state index is 4.34. The van der Waals surface area contributed by atoms with E-state index in [-0.39, 0.29) is 5.41 Å². The van der Waals surface area contributed by atoms with E-state index in [1.54, 1.807) is 0 Å². The second-order valence-electron chi connectivity index (χ2n) is 7.11. The summed E-state index contributed by atoms with van der Waals surface area (Å²) in [5, 5.41) is 3.70. The maximum absolute atomic E-state index is 4.34. The number of nitrogens with one attached hydrogen (secondary N) is 1. The molecule has 2 aliphatic rings. The van der Waals surface area contributed by atoms with Crippen LogP contribution in [0.3, 0.4) is 0 Å². The number of hydrogen-bond donors (Lipinski definition) is 1. The number of rotatable bonds is 1. The molecule has 1 aliphatic heterocycles. The molecule has 3 atom stereocenters. The van der Waals surface area contributed by atoms with E-state index in [0.29, 0.717) is 12.0 Å². The Morgan fingerprint density at radius 2 is 1.95 bits per heavy atom. The Bertz CT molecular complexity index is 707. The zero-order valence-corrected chi connectivity index (χ0v) is 13.6. The number of aromatic nitrogens is 2. The minimum Gasteiger partial charge on any atom is -0.313 e. The molecule has 0 amide bonds. The Morgan fingerprint density at radius 1 is 1.18 bits per heavy atom. The Hall–Kier alpha value is -1.74. The molecule has 0 spiro atoms. The van der Waals surface area contributed by atoms with Crippen molar-refractivity contribution < 1.29 is 0 Å². The molecule has 2 aromatic rings. The third kappa shape index (κ3) is 1.99. The summed E-state index contributed by atoms with van der Waals surface area (Å²) in [7, 11) is 0. The highest BCUT2D eigenvalue weighted by atomic mass is 14.9. The summed E-state index contributed by atoms with van der Waals surface area (Å²) in [5.41, 5.74) is 5.68. The van der Waals surface area contributed by atoms with Crippen molar-refractivity contribution in [3.05, 3.63) is 47.5 Å². The number of piperidine rings is 1. The summed E-state index contributed by atoms with van der Waals surface area (Å²) in [6.07, 6.45) is 6.23. The van der Waals surface area contributed by atoms with Gasteiger partial charge in [-0.15, -0.1) is 0 Å². The fourth-order valence-electron chi connectivity index (χ4n) is 4.24. The van der Waals surface area contributed by atoms with Crippen LogP contribution in [0.15, 0.2) is 30.6 Å². The molecule has 0 saturated carbocycles. The van der Waals surface area contributed by atoms with Crippen LogP contribution in [0.25, 0.3) is 11.1 Å². The second kappa shape index (κ2) is 4.88. The van der Waals surface area contributed by atoms with Gasteiger partial charge in [-0.25, -0.2) is 9.97 Å². The van der Waals surface area contributed by atoms with Crippen LogP contribution in [0.4, 0.5) is 0 Å². The maximum Gasteiger partial charge on any atom is 0.125 e. The lowest BCUT2D eigenvalue weighted by Crippen LogP contribution is -2.56. The first-order valence-corrected chi connectivity index (χ1v) is 8.24. The Kier molecular flexibility index (Phi) is 3.08. The van der Waals surface area contributed by atoms with E-state index in [4.69, 9.17) is 0 Å². The molecule has 1 aliphatic carbocycles. The third-order valence-electron chi connectivity index (χ3n) is 5.94. The molecule has 3 heteroatoms. The second-order valence-corrected chi connectivity index (χ2v) is 7.11. The van der Waals surface area contributed by atoms with Crippen molar-refractivity contribution >= 4 is 0 Å². The predicted molar refractivity (Wildman–Crippen MR) is 88.8 cm³/mol. The number of aryl methyl sites for hydroxylation is 1. The first-order valence-electron chi connectivity index (χ1n) is 8.24. The van der Waals surface area contributed by atoms with Crippen molar-refractivity contribution in [1.82, 2.24) is 15.3 Å². The first kappa shape index (κ1) is 13.9. The van der Waals surface area contributed by atoms with Crippen LogP contribution < -0.4 is 5.32 Å². The zero-order chi connectivity index (χ0) is 15.3. The van der Waals surface area contributed by atoms with Gasteiger partial charge in [-0.05, 0) is 54.3 Å². The normalized spacial score (nSPS) is 30.0. The minimum atomic E-state index is 0.283. The van der Waals surface area contributed by atoms with Gasteiger partial charge >= 0.3 is 0 Å². The molecular formula is C19H23N3. The summed E-state index contributed by atoms with van der Waals surface area (Å²) in [6, 6.07) is 7.55. The van der Waals surface area contributed by atoms with Gasteiger partial charge in [0.15, 0.2) is 0 Å². The van der Waals surface area contributed by atoms with Crippen LogP contribution in [0.5, 0.6) is 0 Å². The van der Waals surface area contributed by atoms with Crippen LogP contribution in [-0.4, -0.2) is 22.6 Å². The van der Waals surface area contributed by atoms with Crippen molar-refractivity contribution in [2.24, 2.45) is 5.92 Å². The smallest absolute Gasteiger partial charge is 0.125 e. The molecule has 4 rings (SSSR count). The van der Waals surface area contributed by atoms with Crippen molar-refractivity contribution in [2.75, 3.05) is 6.54 Å². The lowest BCUT2D eigenvalue weighted by atomic mass is 9.59. The monoisotopic (exact) mass is 293 g/mol. The van der Waals surface area contributed by atoms with Gasteiger partial charge in [-0.3, -0.25) is 0 Å². The molecule has 1 N–H and O–H groups in total. The number of fused-ring (bicyclic) bond motifs is 4. The number of benzene rings is 1. The highest BCUT2D eigenvalue weighted by Crippen LogP contribution is 2.46. The highest BCUT2D eigenvalue weighted by Gasteiger charge is 2.45. The van der Waals surface area contributed by atoms with E-state index in [9.17, 15) is 0 Å². The van der Waals surface area contributed by atoms with E-state index < -0.39 is 0 Å². The first-order chi connectivity index (χ1) is 10.6. The summed E-state index contributed by atoms with van der Waals surface area (Å²) in [5.74, 6) is 1.50. The largest absolute Gasteiger partial charge is 0.313 e. The lowest BCUT2D eigenvalue weighted by molar-refractivity contribution is 0.158. The van der Waals surface area contributed by atoms with Crippen molar-refractivity contribution in [3.8, 4) is 11.1 Å². The topological polar surface area (TPSA) is 37.8 Å². The molecule has 1 aromatic carbocycles. The molecule has 0 radical (unpaired) electrons. The molecule has 114 valence electrons. The SMILES string of the molecule is Cc1ncc(-c2ccc3c(c2)[C@]2(C)CCN[C@H](C3)[C@H]2C)cn1. The molecular weight excluding hydrogens is 270 g/mol. The summed E-state index contributed by atoms with van der Waals surface area (Å²) in [4.78, 5) is 8.68. The van der Waals surface area contributed by atoms with Gasteiger partial charge in [0.1, 0.15) is 5.82 Å². The molecule has 1 fully saturated rings. The highest BCUT2D eigenvalue weighted by molar-refractivity contribution is 5.64. The quantitative estimate of drug-likeness (QED) is 0.877. The molecule has 3 nitrogen and oxygen atoms in total. The van der Waals surface area contributed by atoms with Crippen LogP contribution in [0, 0.1) is 12.8 Å². The lowest BCUT2D eigenvalue weighted by Gasteiger charge is -2.50. The van der Waals surface area contributed by atoms with Gasteiger partial charge in [-0.1, -0.05) is 32.0 Å². The van der Waals surface area contributed by atoms with Crippen LogP contribution in [0.2, 0.25) is 0 Å². The molecule has 2 bridgehead atoms. The summed E-state index contributed by atoms with van der Waals surface area (Å²) in [6.45, 7) is 7.90. The molecule has 1 aromatic heterocycles. The van der Waals surface area contributed by atoms with E-state index >= 15 is 0 Å². The van der Waals surface area contributed by atoms with E-state index in [1.165, 1.54) is 23.1 Å². The van der Waals surface area contributed by atoms with Gasteiger partial charge in [0.25, 0.3) is 0 Å². The fourth-order valence-corrected chi connectivity index (χ4v) is 4.24. The average Bonchev–Trinajstić information content (AvgIpc) is 2.51. The number of hydrogen-bond acceptors (Lipinski definition) is 3. The van der Waals surface area contributed by atoms with Gasteiger partial charge in [0, 0.05) is 24.0 Å². The minimum absolute atomic E-state index is 0.283. The Labute approximate surface area is 132 Å². The molecule has 0 unspecified atom stereocenters. The third-order valence-corrected chi connectivity index (χ3v) is 5.94. The number of nitrogens with zero attached hydrogens (tertiary/aromatic N) is 2. The standard InChI is InChI=1S/C19H23N3/c1-12-18-9-15-5-4-14(16-10-21-13(2)22-11-16)8-17(15)19(12,3)6-7-20-18/h4-5,8,10-12,18,20H,6-7,9H2,1-3H3/t12-,18-,19-/m1/s1. The van der Waals surface area contributed by atoms with Crippen molar-refractivity contribution in [1.29, 1.82) is 0 Å². The van der Waals surface area contributed by atoms with Gasteiger partial charge < -0.3 is 5.32 Å². The molecule has 22 heavy (non-hydrogen) atoms. The molecule has 1 saturated heterocycles.